The zero-order valence-electron chi connectivity index (χ0n) is 8.26. The first-order valence-electron chi connectivity index (χ1n) is 4.40. The Morgan fingerprint density at radius 3 is 2.33 bits per heavy atom. The highest BCUT2D eigenvalue weighted by Crippen LogP contribution is 2.26. The summed E-state index contributed by atoms with van der Waals surface area (Å²) in [6.45, 7) is 8.01. The molecule has 12 heavy (non-hydrogen) atoms. The smallest absolute Gasteiger partial charge is 0.144 e. The molecule has 1 unspecified atom stereocenters. The first-order valence-corrected chi connectivity index (χ1v) is 5.51. The van der Waals surface area contributed by atoms with E-state index in [0.717, 1.165) is 12.1 Å². The molecule has 0 amide bonds. The number of hydrogen-bond donors (Lipinski definition) is 0. The van der Waals surface area contributed by atoms with E-state index >= 15 is 0 Å². The topological polar surface area (TPSA) is 35.4 Å². The van der Waals surface area contributed by atoms with Crippen molar-refractivity contribution in [1.82, 2.24) is 0 Å². The van der Waals surface area contributed by atoms with Crippen LogP contribution in [0.25, 0.3) is 0 Å². The minimum Gasteiger partial charge on any atom is -0.591 e. The average molecular weight is 187 g/mol. The highest BCUT2D eigenvalue weighted by molar-refractivity contribution is 7.91. The van der Waals surface area contributed by atoms with E-state index in [-0.39, 0.29) is 4.75 Å². The third kappa shape index (κ3) is 2.23. The molecule has 0 bridgehead atoms. The Bertz CT molecular complexity index is 195. The van der Waals surface area contributed by atoms with Gasteiger partial charge in [0.1, 0.15) is 16.1 Å². The van der Waals surface area contributed by atoms with Gasteiger partial charge < -0.3 is 4.55 Å². The summed E-state index contributed by atoms with van der Waals surface area (Å²) in [5.41, 5.74) is 1.14. The molecule has 1 saturated carbocycles. The maximum Gasteiger partial charge on any atom is 0.144 e. The van der Waals surface area contributed by atoms with E-state index in [1.54, 1.807) is 0 Å². The van der Waals surface area contributed by atoms with E-state index in [2.05, 4.69) is 11.3 Å². The number of hydrogen-bond acceptors (Lipinski definition) is 2. The molecule has 1 fully saturated rings. The molecule has 0 aliphatic heterocycles. The van der Waals surface area contributed by atoms with Crippen LogP contribution in [0.2, 0.25) is 0 Å². The fraction of sp³-hybridized carbons (Fsp3) is 0.889. The molecule has 0 radical (unpaired) electrons. The summed E-state index contributed by atoms with van der Waals surface area (Å²) in [6.07, 6.45) is 2.25. The second kappa shape index (κ2) is 3.38. The molecule has 1 aliphatic rings. The van der Waals surface area contributed by atoms with Crippen molar-refractivity contribution in [2.24, 2.45) is 10.3 Å². The minimum absolute atomic E-state index is 0.206. The second-order valence-corrected chi connectivity index (χ2v) is 6.29. The Morgan fingerprint density at radius 2 is 2.08 bits per heavy atom. The van der Waals surface area contributed by atoms with E-state index in [1.807, 2.05) is 20.8 Å². The van der Waals surface area contributed by atoms with Crippen LogP contribution in [0.4, 0.5) is 0 Å². The summed E-state index contributed by atoms with van der Waals surface area (Å²) >= 11 is -1.05. The lowest BCUT2D eigenvalue weighted by Crippen LogP contribution is -2.31. The summed E-state index contributed by atoms with van der Waals surface area (Å²) in [6, 6.07) is 0. The number of rotatable bonds is 1. The number of nitrogens with zero attached hydrogens (tertiary/aromatic N) is 1. The average Bonchev–Trinajstić information content (AvgIpc) is 1.95. The van der Waals surface area contributed by atoms with Gasteiger partial charge in [0.05, 0.1) is 5.71 Å². The molecule has 2 atom stereocenters. The van der Waals surface area contributed by atoms with Gasteiger partial charge in [0.15, 0.2) is 0 Å². The Labute approximate surface area is 77.8 Å². The molecule has 0 aromatic rings. The third-order valence-electron chi connectivity index (χ3n) is 2.13. The van der Waals surface area contributed by atoms with E-state index in [9.17, 15) is 4.55 Å². The molecular weight excluding hydrogens is 170 g/mol. The van der Waals surface area contributed by atoms with Gasteiger partial charge >= 0.3 is 0 Å². The molecular formula is C9H17NOS. The van der Waals surface area contributed by atoms with Crippen molar-refractivity contribution in [2.75, 3.05) is 0 Å². The van der Waals surface area contributed by atoms with Crippen molar-refractivity contribution < 1.29 is 4.55 Å². The molecule has 1 rings (SSSR count). The normalized spacial score (nSPS) is 30.1. The Balaban J connectivity index is 2.55. The van der Waals surface area contributed by atoms with Crippen LogP contribution >= 0.6 is 0 Å². The molecule has 2 nitrogen and oxygen atoms in total. The van der Waals surface area contributed by atoms with E-state index < -0.39 is 11.4 Å². The molecule has 0 aromatic carbocycles. The maximum absolute atomic E-state index is 11.5. The molecule has 0 N–H and O–H groups in total. The van der Waals surface area contributed by atoms with Crippen molar-refractivity contribution in [3.8, 4) is 0 Å². The zero-order valence-corrected chi connectivity index (χ0v) is 9.07. The van der Waals surface area contributed by atoms with Crippen molar-refractivity contribution in [3.05, 3.63) is 0 Å². The predicted molar refractivity (Wildman–Crippen MR) is 53.7 cm³/mol. The minimum atomic E-state index is -1.05. The monoisotopic (exact) mass is 187 g/mol. The Kier molecular flexibility index (Phi) is 2.84. The highest BCUT2D eigenvalue weighted by atomic mass is 32.2. The van der Waals surface area contributed by atoms with Crippen molar-refractivity contribution in [2.45, 2.75) is 45.3 Å². The second-order valence-electron chi connectivity index (χ2n) is 4.38. The molecule has 0 aromatic heterocycles. The maximum atomic E-state index is 11.5. The lowest BCUT2D eigenvalue weighted by Gasteiger charge is -2.26. The SMILES string of the molecule is CC1CC/C1=N\[S@+]([O-])C(C)(C)C. The van der Waals surface area contributed by atoms with Gasteiger partial charge in [0, 0.05) is 0 Å². The highest BCUT2D eigenvalue weighted by Gasteiger charge is 2.30. The summed E-state index contributed by atoms with van der Waals surface area (Å²) in [5, 5.41) is 0. The van der Waals surface area contributed by atoms with Gasteiger partial charge in [-0.3, -0.25) is 0 Å². The van der Waals surface area contributed by atoms with Crippen LogP contribution in [0, 0.1) is 5.92 Å². The van der Waals surface area contributed by atoms with Crippen LogP contribution in [0.1, 0.15) is 40.5 Å². The summed E-state index contributed by atoms with van der Waals surface area (Å²) in [4.78, 5) is 0. The van der Waals surface area contributed by atoms with Gasteiger partial charge in [-0.15, -0.1) is 0 Å². The van der Waals surface area contributed by atoms with Gasteiger partial charge in [0.2, 0.25) is 0 Å². The molecule has 0 heterocycles. The predicted octanol–water partition coefficient (Wildman–Crippen LogP) is 2.32. The zero-order chi connectivity index (χ0) is 9.35. The quantitative estimate of drug-likeness (QED) is 0.580. The molecule has 0 saturated heterocycles. The van der Waals surface area contributed by atoms with E-state index in [0.29, 0.717) is 5.92 Å². The van der Waals surface area contributed by atoms with Gasteiger partial charge in [-0.1, -0.05) is 11.3 Å². The molecule has 1 aliphatic carbocycles. The van der Waals surface area contributed by atoms with Gasteiger partial charge in [-0.05, 0) is 39.5 Å². The first-order chi connectivity index (χ1) is 5.41. The summed E-state index contributed by atoms with van der Waals surface area (Å²) in [7, 11) is 0. The van der Waals surface area contributed by atoms with Crippen LogP contribution in [0.5, 0.6) is 0 Å². The summed E-state index contributed by atoms with van der Waals surface area (Å²) < 4.78 is 15.6. The van der Waals surface area contributed by atoms with Crippen molar-refractivity contribution in [3.63, 3.8) is 0 Å². The lowest BCUT2D eigenvalue weighted by molar-refractivity contribution is 0.556. The van der Waals surface area contributed by atoms with Crippen LogP contribution in [0.3, 0.4) is 0 Å². The first kappa shape index (κ1) is 10.1. The lowest BCUT2D eigenvalue weighted by atomic mass is 9.85. The van der Waals surface area contributed by atoms with Crippen LogP contribution < -0.4 is 0 Å². The van der Waals surface area contributed by atoms with Crippen molar-refractivity contribution in [1.29, 1.82) is 0 Å². The Morgan fingerprint density at radius 1 is 1.50 bits per heavy atom. The largest absolute Gasteiger partial charge is 0.591 e. The molecule has 3 heteroatoms. The summed E-state index contributed by atoms with van der Waals surface area (Å²) in [5.74, 6) is 0.566. The molecule has 70 valence electrons. The van der Waals surface area contributed by atoms with Crippen LogP contribution in [0.15, 0.2) is 4.40 Å². The Hall–Kier alpha value is -0.0200. The van der Waals surface area contributed by atoms with Gasteiger partial charge in [-0.25, -0.2) is 0 Å². The fourth-order valence-corrected chi connectivity index (χ4v) is 1.70. The van der Waals surface area contributed by atoms with E-state index in [1.165, 1.54) is 6.42 Å². The van der Waals surface area contributed by atoms with Crippen LogP contribution in [-0.2, 0) is 11.4 Å². The van der Waals surface area contributed by atoms with Gasteiger partial charge in [-0.2, -0.15) is 0 Å². The van der Waals surface area contributed by atoms with Crippen LogP contribution in [-0.4, -0.2) is 15.0 Å². The fourth-order valence-electron chi connectivity index (χ4n) is 0.941. The van der Waals surface area contributed by atoms with Crippen molar-refractivity contribution >= 4 is 17.1 Å². The van der Waals surface area contributed by atoms with E-state index in [4.69, 9.17) is 0 Å². The molecule has 0 spiro atoms. The third-order valence-corrected chi connectivity index (χ3v) is 3.57. The van der Waals surface area contributed by atoms with Gasteiger partial charge in [0.25, 0.3) is 0 Å². The standard InChI is InChI=1S/C9H17NOS/c1-7-5-6-8(7)10-12(11)9(2,3)4/h7H,5-6H2,1-4H3/b10-8+/t7?,12-/m1/s1.